The molecule has 27 heavy (non-hydrogen) atoms. The first-order chi connectivity index (χ1) is 12.9. The van der Waals surface area contributed by atoms with Crippen molar-refractivity contribution in [3.05, 3.63) is 58.6 Å². The van der Waals surface area contributed by atoms with Crippen LogP contribution < -0.4 is 10.1 Å². The van der Waals surface area contributed by atoms with Crippen molar-refractivity contribution in [2.75, 3.05) is 18.5 Å². The summed E-state index contributed by atoms with van der Waals surface area (Å²) < 4.78 is 5.64. The molecule has 3 rings (SSSR count). The number of hydrogen-bond donors (Lipinski definition) is 1. The minimum absolute atomic E-state index is 0.0762. The molecule has 6 heteroatoms. The van der Waals surface area contributed by atoms with Crippen molar-refractivity contribution < 1.29 is 14.3 Å². The van der Waals surface area contributed by atoms with Crippen LogP contribution in [0.15, 0.2) is 42.5 Å². The summed E-state index contributed by atoms with van der Waals surface area (Å²) in [5.74, 6) is 0.296. The van der Waals surface area contributed by atoms with Crippen LogP contribution in [0.2, 0.25) is 5.02 Å². The molecule has 2 amide bonds. The van der Waals surface area contributed by atoms with Crippen LogP contribution in [0.5, 0.6) is 5.75 Å². The molecule has 1 atom stereocenters. The Kier molecular flexibility index (Phi) is 6.01. The molecule has 1 N–H and O–H groups in total. The topological polar surface area (TPSA) is 58.6 Å². The number of carbonyl (C=O) groups is 2. The van der Waals surface area contributed by atoms with Gasteiger partial charge in [-0.2, -0.15) is 0 Å². The van der Waals surface area contributed by atoms with E-state index in [4.69, 9.17) is 16.3 Å². The molecular weight excluding hydrogens is 364 g/mol. The zero-order chi connectivity index (χ0) is 19.4. The summed E-state index contributed by atoms with van der Waals surface area (Å²) in [7, 11) is 0. The van der Waals surface area contributed by atoms with E-state index >= 15 is 0 Å². The van der Waals surface area contributed by atoms with E-state index in [0.29, 0.717) is 29.4 Å². The van der Waals surface area contributed by atoms with Gasteiger partial charge in [-0.25, -0.2) is 0 Å². The fourth-order valence-corrected chi connectivity index (χ4v) is 3.25. The summed E-state index contributed by atoms with van der Waals surface area (Å²) in [6, 6.07) is 12.2. The number of benzene rings is 2. The predicted molar refractivity (Wildman–Crippen MR) is 106 cm³/mol. The molecule has 0 aliphatic carbocycles. The van der Waals surface area contributed by atoms with Crippen LogP contribution in [0.3, 0.4) is 0 Å². The number of halogens is 1. The Bertz CT molecular complexity index is 836. The van der Waals surface area contributed by atoms with Crippen LogP contribution >= 0.6 is 11.6 Å². The maximum absolute atomic E-state index is 12.6. The summed E-state index contributed by atoms with van der Waals surface area (Å²) in [5, 5.41) is 3.46. The molecule has 2 aromatic rings. The molecule has 1 aliphatic heterocycles. The Morgan fingerprint density at radius 3 is 2.59 bits per heavy atom. The molecule has 0 radical (unpaired) electrons. The zero-order valence-corrected chi connectivity index (χ0v) is 16.3. The highest BCUT2D eigenvalue weighted by Crippen LogP contribution is 2.21. The van der Waals surface area contributed by atoms with E-state index in [2.05, 4.69) is 5.32 Å². The molecule has 1 fully saturated rings. The Hall–Kier alpha value is -2.53. The lowest BCUT2D eigenvalue weighted by molar-refractivity contribution is -0.138. The van der Waals surface area contributed by atoms with E-state index in [9.17, 15) is 9.59 Å². The first-order valence-electron chi connectivity index (χ1n) is 9.00. The average molecular weight is 387 g/mol. The van der Waals surface area contributed by atoms with E-state index in [1.54, 1.807) is 29.2 Å². The Morgan fingerprint density at radius 1 is 1.15 bits per heavy atom. The maximum atomic E-state index is 12.6. The molecule has 0 unspecified atom stereocenters. The molecule has 0 bridgehead atoms. The number of rotatable bonds is 5. The third-order valence-corrected chi connectivity index (χ3v) is 5.08. The monoisotopic (exact) mass is 386 g/mol. The predicted octanol–water partition coefficient (Wildman–Crippen LogP) is 3.97. The van der Waals surface area contributed by atoms with Crippen molar-refractivity contribution in [2.45, 2.75) is 32.7 Å². The molecule has 0 saturated carbocycles. The number of likely N-dealkylation sites (tertiary alicyclic amines) is 1. The SMILES string of the molecule is Cc1ccc(OCC(=O)N2CCC[C@H]2C(=O)Nc2ccc(Cl)cc2)cc1C. The van der Waals surface area contributed by atoms with E-state index in [1.807, 2.05) is 32.0 Å². The molecule has 5 nitrogen and oxygen atoms in total. The number of amides is 2. The van der Waals surface area contributed by atoms with Crippen LogP contribution in [0, 0.1) is 13.8 Å². The molecule has 1 aliphatic rings. The van der Waals surface area contributed by atoms with Gasteiger partial charge in [0.25, 0.3) is 5.91 Å². The third kappa shape index (κ3) is 4.80. The van der Waals surface area contributed by atoms with Crippen molar-refractivity contribution >= 4 is 29.1 Å². The zero-order valence-electron chi connectivity index (χ0n) is 15.5. The molecule has 1 saturated heterocycles. The first-order valence-corrected chi connectivity index (χ1v) is 9.38. The second-order valence-corrected chi connectivity index (χ2v) is 7.21. The minimum Gasteiger partial charge on any atom is -0.484 e. The van der Waals surface area contributed by atoms with Gasteiger partial charge in [0.1, 0.15) is 11.8 Å². The van der Waals surface area contributed by atoms with Gasteiger partial charge in [-0.3, -0.25) is 9.59 Å². The van der Waals surface area contributed by atoms with E-state index in [1.165, 1.54) is 5.56 Å². The lowest BCUT2D eigenvalue weighted by atomic mass is 10.1. The Balaban J connectivity index is 1.59. The fraction of sp³-hybridized carbons (Fsp3) is 0.333. The van der Waals surface area contributed by atoms with Gasteiger partial charge in [0.05, 0.1) is 0 Å². The highest BCUT2D eigenvalue weighted by atomic mass is 35.5. The fourth-order valence-electron chi connectivity index (χ4n) is 3.13. The summed E-state index contributed by atoms with van der Waals surface area (Å²) in [5.41, 5.74) is 2.95. The smallest absolute Gasteiger partial charge is 0.261 e. The molecule has 1 heterocycles. The largest absolute Gasteiger partial charge is 0.484 e. The number of nitrogens with one attached hydrogen (secondary N) is 1. The normalized spacial score (nSPS) is 16.3. The quantitative estimate of drug-likeness (QED) is 0.845. The summed E-state index contributed by atoms with van der Waals surface area (Å²) in [4.78, 5) is 26.8. The minimum atomic E-state index is -0.475. The number of anilines is 1. The molecule has 2 aromatic carbocycles. The van der Waals surface area contributed by atoms with Crippen LogP contribution in [0.25, 0.3) is 0 Å². The number of aryl methyl sites for hydroxylation is 2. The van der Waals surface area contributed by atoms with Crippen molar-refractivity contribution in [3.63, 3.8) is 0 Å². The number of carbonyl (C=O) groups excluding carboxylic acids is 2. The first kappa shape index (κ1) is 19.2. The van der Waals surface area contributed by atoms with Gasteiger partial charge in [0.2, 0.25) is 5.91 Å². The van der Waals surface area contributed by atoms with Crippen molar-refractivity contribution in [2.24, 2.45) is 0 Å². The second kappa shape index (κ2) is 8.44. The number of nitrogens with zero attached hydrogens (tertiary/aromatic N) is 1. The number of ether oxygens (including phenoxy) is 1. The Morgan fingerprint density at radius 2 is 1.89 bits per heavy atom. The van der Waals surface area contributed by atoms with E-state index in [0.717, 1.165) is 12.0 Å². The molecule has 142 valence electrons. The Labute approximate surface area is 164 Å². The van der Waals surface area contributed by atoms with Crippen molar-refractivity contribution in [1.82, 2.24) is 4.90 Å². The van der Waals surface area contributed by atoms with Crippen molar-refractivity contribution in [1.29, 1.82) is 0 Å². The van der Waals surface area contributed by atoms with Crippen molar-refractivity contribution in [3.8, 4) is 5.75 Å². The standard InChI is InChI=1S/C21H23ClN2O3/c1-14-5-10-18(12-15(14)2)27-13-20(25)24-11-3-4-19(24)21(26)23-17-8-6-16(22)7-9-17/h5-10,12,19H,3-4,11,13H2,1-2H3,(H,23,26)/t19-/m0/s1. The lowest BCUT2D eigenvalue weighted by Crippen LogP contribution is -2.45. The van der Waals surface area contributed by atoms with Gasteiger partial charge < -0.3 is 15.0 Å². The van der Waals surface area contributed by atoms with E-state index < -0.39 is 6.04 Å². The van der Waals surface area contributed by atoms with Gasteiger partial charge in [-0.15, -0.1) is 0 Å². The third-order valence-electron chi connectivity index (χ3n) is 4.83. The summed E-state index contributed by atoms with van der Waals surface area (Å²) >= 11 is 5.86. The van der Waals surface area contributed by atoms with Crippen LogP contribution in [0.4, 0.5) is 5.69 Å². The van der Waals surface area contributed by atoms with Gasteiger partial charge >= 0.3 is 0 Å². The van der Waals surface area contributed by atoms with Crippen LogP contribution in [-0.4, -0.2) is 35.9 Å². The highest BCUT2D eigenvalue weighted by molar-refractivity contribution is 6.30. The van der Waals surface area contributed by atoms with Gasteiger partial charge in [0, 0.05) is 17.3 Å². The van der Waals surface area contributed by atoms with Gasteiger partial charge in [-0.05, 0) is 74.2 Å². The summed E-state index contributed by atoms with van der Waals surface area (Å²) in [6.45, 7) is 4.51. The summed E-state index contributed by atoms with van der Waals surface area (Å²) in [6.07, 6.45) is 1.45. The number of hydrogen-bond acceptors (Lipinski definition) is 3. The van der Waals surface area contributed by atoms with Crippen LogP contribution in [0.1, 0.15) is 24.0 Å². The molecule has 0 spiro atoms. The lowest BCUT2D eigenvalue weighted by Gasteiger charge is -2.24. The van der Waals surface area contributed by atoms with E-state index in [-0.39, 0.29) is 18.4 Å². The molecular formula is C21H23ClN2O3. The van der Waals surface area contributed by atoms with Crippen LogP contribution in [-0.2, 0) is 9.59 Å². The highest BCUT2D eigenvalue weighted by Gasteiger charge is 2.34. The average Bonchev–Trinajstić information content (AvgIpc) is 3.14. The maximum Gasteiger partial charge on any atom is 0.261 e. The second-order valence-electron chi connectivity index (χ2n) is 6.78. The molecule has 0 aromatic heterocycles. The van der Waals surface area contributed by atoms with Gasteiger partial charge in [0.15, 0.2) is 6.61 Å². The van der Waals surface area contributed by atoms with Gasteiger partial charge in [-0.1, -0.05) is 17.7 Å².